The van der Waals surface area contributed by atoms with Gasteiger partial charge in [-0.05, 0) is 40.4 Å². The summed E-state index contributed by atoms with van der Waals surface area (Å²) < 4.78 is 6.28. The van der Waals surface area contributed by atoms with Crippen LogP contribution in [0.15, 0.2) is 0 Å². The van der Waals surface area contributed by atoms with Gasteiger partial charge in [0.05, 0.1) is 0 Å². The Balaban J connectivity index is 2.55. The van der Waals surface area contributed by atoms with Crippen molar-refractivity contribution < 1.29 is 0 Å². The first-order chi connectivity index (χ1) is 5.39. The number of hydrogen-bond acceptors (Lipinski definition) is 3. The first kappa shape index (κ1) is 10.2. The Morgan fingerprint density at radius 3 is 1.58 bits per heavy atom. The third-order valence-corrected chi connectivity index (χ3v) is 1.75. The van der Waals surface area contributed by atoms with Crippen LogP contribution in [-0.4, -0.2) is 56.4 Å². The van der Waals surface area contributed by atoms with Gasteiger partial charge >= 0.3 is 0 Å². The molecule has 0 saturated carbocycles. The van der Waals surface area contributed by atoms with Gasteiger partial charge in [-0.15, -0.1) is 0 Å². The van der Waals surface area contributed by atoms with Crippen LogP contribution in [0.3, 0.4) is 0 Å². The minimum atomic E-state index is 0.150. The highest BCUT2D eigenvalue weighted by Crippen LogP contribution is 2.13. The summed E-state index contributed by atoms with van der Waals surface area (Å²) in [5, 5.41) is 0. The van der Waals surface area contributed by atoms with Crippen LogP contribution >= 0.6 is 0 Å². The normalized spacial score (nSPS) is 22.8. The van der Waals surface area contributed by atoms with E-state index in [2.05, 4.69) is 40.6 Å². The van der Waals surface area contributed by atoms with Crippen LogP contribution in [-0.2, 0) is 0 Å². The molecule has 0 aromatic rings. The summed E-state index contributed by atoms with van der Waals surface area (Å²) in [7, 11) is 10.3. The van der Waals surface area contributed by atoms with E-state index in [-0.39, 0.29) is 5.54 Å². The van der Waals surface area contributed by atoms with Crippen molar-refractivity contribution in [3.8, 4) is 0 Å². The standard InChI is InChI=1S/C6H15B3N3/c1-6(2,3)12-8-10(4)7-11(5)9-12/h1-5H3. The molecule has 1 fully saturated rings. The van der Waals surface area contributed by atoms with Crippen LogP contribution in [0.1, 0.15) is 20.8 Å². The van der Waals surface area contributed by atoms with E-state index in [0.717, 1.165) is 0 Å². The maximum Gasteiger partial charge on any atom is 0.290 e. The molecule has 3 nitrogen and oxygen atoms in total. The molecule has 0 atom stereocenters. The van der Waals surface area contributed by atoms with Crippen molar-refractivity contribution in [3.05, 3.63) is 0 Å². The minimum Gasteiger partial charge on any atom is -0.367 e. The number of rotatable bonds is 0. The highest BCUT2D eigenvalue weighted by Gasteiger charge is 2.30. The number of nitrogens with zero attached hydrogens (tertiary/aromatic N) is 3. The van der Waals surface area contributed by atoms with Crippen molar-refractivity contribution in [2.24, 2.45) is 0 Å². The van der Waals surface area contributed by atoms with Gasteiger partial charge in [-0.2, -0.15) is 0 Å². The lowest BCUT2D eigenvalue weighted by Gasteiger charge is -2.43. The van der Waals surface area contributed by atoms with E-state index in [0.29, 0.717) is 0 Å². The molecule has 1 aliphatic rings. The zero-order valence-corrected chi connectivity index (χ0v) is 8.57. The molecule has 1 saturated heterocycles. The molecule has 0 bridgehead atoms. The van der Waals surface area contributed by atoms with Gasteiger partial charge in [0.15, 0.2) is 0 Å². The van der Waals surface area contributed by atoms with Gasteiger partial charge in [0.1, 0.15) is 0 Å². The second-order valence-electron chi connectivity index (χ2n) is 4.26. The first-order valence-corrected chi connectivity index (χ1v) is 4.17. The summed E-state index contributed by atoms with van der Waals surface area (Å²) in [5.74, 6) is 0. The molecule has 0 aromatic carbocycles. The second-order valence-corrected chi connectivity index (χ2v) is 4.26. The maximum atomic E-state index is 2.19. The van der Waals surface area contributed by atoms with Gasteiger partial charge in [-0.1, -0.05) is 0 Å². The van der Waals surface area contributed by atoms with E-state index in [1.807, 2.05) is 31.1 Å². The highest BCUT2D eigenvalue weighted by atomic mass is 15.3. The van der Waals surface area contributed by atoms with Gasteiger partial charge in [0.25, 0.3) is 22.6 Å². The summed E-state index contributed by atoms with van der Waals surface area (Å²) in [5.41, 5.74) is 0.150. The molecular formula is C6H15B3N3. The molecule has 0 amide bonds. The minimum absolute atomic E-state index is 0.150. The summed E-state index contributed by atoms with van der Waals surface area (Å²) in [4.78, 5) is 0. The van der Waals surface area contributed by atoms with Crippen molar-refractivity contribution in [3.63, 3.8) is 0 Å². The third-order valence-electron chi connectivity index (χ3n) is 1.75. The molecule has 63 valence electrons. The zero-order chi connectivity index (χ0) is 9.35. The number of hydrogen-bond donors (Lipinski definition) is 0. The van der Waals surface area contributed by atoms with Gasteiger partial charge in [0.2, 0.25) is 0 Å². The van der Waals surface area contributed by atoms with Crippen molar-refractivity contribution in [2.45, 2.75) is 26.3 Å². The second kappa shape index (κ2) is 3.44. The van der Waals surface area contributed by atoms with Gasteiger partial charge in [-0.3, -0.25) is 0 Å². The molecular weight excluding hydrogens is 147 g/mol. The fourth-order valence-electron chi connectivity index (χ4n) is 1.12. The van der Waals surface area contributed by atoms with Crippen LogP contribution in [0.4, 0.5) is 0 Å². The summed E-state index contributed by atoms with van der Waals surface area (Å²) in [6.45, 7) is 6.56. The lowest BCUT2D eigenvalue weighted by atomic mass is 9.71. The first-order valence-electron chi connectivity index (χ1n) is 4.17. The molecule has 1 rings (SSSR count). The molecule has 0 aliphatic carbocycles. The molecule has 1 heterocycles. The molecule has 1 aliphatic heterocycles. The maximum absolute atomic E-state index is 2.19. The lowest BCUT2D eigenvalue weighted by molar-refractivity contribution is 0.343. The fraction of sp³-hybridized carbons (Fsp3) is 1.00. The Kier molecular flexibility index (Phi) is 2.91. The van der Waals surface area contributed by atoms with Crippen LogP contribution in [0.5, 0.6) is 0 Å². The Hall–Kier alpha value is 0.0748. The highest BCUT2D eigenvalue weighted by molar-refractivity contribution is 6.64. The van der Waals surface area contributed by atoms with E-state index in [9.17, 15) is 0 Å². The van der Waals surface area contributed by atoms with Crippen LogP contribution in [0, 0.1) is 0 Å². The Labute approximate surface area is 77.9 Å². The topological polar surface area (TPSA) is 9.72 Å². The quantitative estimate of drug-likeness (QED) is 0.447. The van der Waals surface area contributed by atoms with Crippen LogP contribution < -0.4 is 0 Å². The van der Waals surface area contributed by atoms with Gasteiger partial charge in [-0.25, -0.2) is 0 Å². The van der Waals surface area contributed by atoms with Crippen LogP contribution in [0.2, 0.25) is 0 Å². The Morgan fingerprint density at radius 1 is 0.833 bits per heavy atom. The average molecular weight is 162 g/mol. The Morgan fingerprint density at radius 2 is 1.25 bits per heavy atom. The third kappa shape index (κ3) is 2.54. The molecule has 12 heavy (non-hydrogen) atoms. The molecule has 3 radical (unpaired) electrons. The molecule has 0 N–H and O–H groups in total. The van der Waals surface area contributed by atoms with Crippen molar-refractivity contribution in [2.75, 3.05) is 14.1 Å². The SMILES string of the molecule is CN1[B]N(C)[B]N(C(C)(C)C)[B]1. The van der Waals surface area contributed by atoms with Crippen LogP contribution in [0.25, 0.3) is 0 Å². The van der Waals surface area contributed by atoms with E-state index < -0.39 is 0 Å². The van der Waals surface area contributed by atoms with Gasteiger partial charge in [0, 0.05) is 0 Å². The van der Waals surface area contributed by atoms with E-state index in [4.69, 9.17) is 0 Å². The monoisotopic (exact) mass is 162 g/mol. The average Bonchev–Trinajstić information content (AvgIpc) is 1.82. The largest absolute Gasteiger partial charge is 0.367 e. The predicted octanol–water partition coefficient (Wildman–Crippen LogP) is -0.433. The summed E-state index contributed by atoms with van der Waals surface area (Å²) in [6.07, 6.45) is 0. The van der Waals surface area contributed by atoms with E-state index in [1.165, 1.54) is 0 Å². The van der Waals surface area contributed by atoms with Crippen molar-refractivity contribution in [1.82, 2.24) is 14.2 Å². The predicted molar refractivity (Wildman–Crippen MR) is 54.4 cm³/mol. The zero-order valence-electron chi connectivity index (χ0n) is 8.57. The lowest BCUT2D eigenvalue weighted by Crippen LogP contribution is -2.63. The Bertz CT molecular complexity index is 149. The van der Waals surface area contributed by atoms with Crippen molar-refractivity contribution >= 4 is 22.6 Å². The van der Waals surface area contributed by atoms with Crippen molar-refractivity contribution in [1.29, 1.82) is 0 Å². The molecule has 0 unspecified atom stereocenters. The molecule has 6 heteroatoms. The van der Waals surface area contributed by atoms with Gasteiger partial charge < -0.3 is 14.2 Å². The smallest absolute Gasteiger partial charge is 0.290 e. The fourth-order valence-corrected chi connectivity index (χ4v) is 1.12. The van der Waals surface area contributed by atoms with E-state index >= 15 is 0 Å². The van der Waals surface area contributed by atoms with E-state index in [1.54, 1.807) is 0 Å². The summed E-state index contributed by atoms with van der Waals surface area (Å²) >= 11 is 0. The summed E-state index contributed by atoms with van der Waals surface area (Å²) in [6, 6.07) is 0. The molecule has 0 aromatic heterocycles. The molecule has 0 spiro atoms.